The first kappa shape index (κ1) is 32.9. The van der Waals surface area contributed by atoms with Crippen LogP contribution in [0.5, 0.6) is 0 Å². The third kappa shape index (κ3) is 13.8. The number of hydrogen-bond donors (Lipinski definition) is 2. The molecule has 1 unspecified atom stereocenters. The van der Waals surface area contributed by atoms with Gasteiger partial charge in [0.1, 0.15) is 0 Å². The quantitative estimate of drug-likeness (QED) is 0.178. The van der Waals surface area contributed by atoms with E-state index in [1.54, 1.807) is 18.2 Å². The minimum absolute atomic E-state index is 0.181. The van der Waals surface area contributed by atoms with Gasteiger partial charge in [0, 0.05) is 18.6 Å². The number of nitrogens with one attached hydrogen (secondary N) is 1. The topological polar surface area (TPSA) is 145 Å². The molecule has 1 atom stereocenters. The number of amides is 2. The molecule has 0 aliphatic rings. The van der Waals surface area contributed by atoms with Crippen molar-refractivity contribution in [1.29, 1.82) is 5.26 Å². The van der Waals surface area contributed by atoms with Gasteiger partial charge in [0.2, 0.25) is 5.91 Å². The number of carbonyl (C=O) groups excluding carboxylic acids is 2. The molecule has 208 valence electrons. The van der Waals surface area contributed by atoms with Crippen molar-refractivity contribution in [2.24, 2.45) is 5.73 Å². The van der Waals surface area contributed by atoms with Gasteiger partial charge in [-0.05, 0) is 39.8 Å². The van der Waals surface area contributed by atoms with Crippen LogP contribution in [0.25, 0.3) is 0 Å². The van der Waals surface area contributed by atoms with Gasteiger partial charge in [0.25, 0.3) is 14.4 Å². The second-order valence-electron chi connectivity index (χ2n) is 8.38. The van der Waals surface area contributed by atoms with Crippen molar-refractivity contribution in [3.63, 3.8) is 0 Å². The first-order valence-corrected chi connectivity index (χ1v) is 13.5. The van der Waals surface area contributed by atoms with Crippen LogP contribution in [0.3, 0.4) is 0 Å². The number of ether oxygens (including phenoxy) is 3. The monoisotopic (exact) mass is 540 g/mol. The predicted molar refractivity (Wildman–Crippen MR) is 141 cm³/mol. The molecule has 0 aliphatic carbocycles. The minimum Gasteiger partial charge on any atom is -0.377 e. The van der Waals surface area contributed by atoms with E-state index >= 15 is 0 Å². The van der Waals surface area contributed by atoms with Gasteiger partial charge in [0.15, 0.2) is 0 Å². The smallest absolute Gasteiger partial charge is 0.259 e. The van der Waals surface area contributed by atoms with Crippen molar-refractivity contribution in [2.75, 3.05) is 59.4 Å². The summed E-state index contributed by atoms with van der Waals surface area (Å²) in [5.74, 6) is -1.02. The standard InChI is InChI=1S/C25H41N4O7P/c1-20(2)29(21(3)4)37(35-12-7-10-26)36-19-18-34-17-16-33-15-14-32-13-11-28-25(31)23-9-6-5-8-22(23)24(27)30/h5-6,8-9,20-21H,7,11-19H2,1-4H3,(H2,27,30)(H,28,31). The van der Waals surface area contributed by atoms with Gasteiger partial charge in [-0.2, -0.15) is 5.26 Å². The first-order chi connectivity index (χ1) is 17.8. The van der Waals surface area contributed by atoms with Crippen molar-refractivity contribution >= 4 is 20.3 Å². The summed E-state index contributed by atoms with van der Waals surface area (Å²) in [4.78, 5) is 23.6. The highest BCUT2D eigenvalue weighted by Gasteiger charge is 2.26. The maximum Gasteiger partial charge on any atom is 0.259 e. The Bertz CT molecular complexity index is 828. The van der Waals surface area contributed by atoms with Crippen molar-refractivity contribution in [2.45, 2.75) is 46.2 Å². The van der Waals surface area contributed by atoms with Crippen molar-refractivity contribution < 1.29 is 32.8 Å². The molecule has 0 saturated carbocycles. The molecule has 3 N–H and O–H groups in total. The van der Waals surface area contributed by atoms with Gasteiger partial charge in [-0.1, -0.05) is 12.1 Å². The van der Waals surface area contributed by atoms with Gasteiger partial charge in [0.05, 0.1) is 76.5 Å². The van der Waals surface area contributed by atoms with Gasteiger partial charge < -0.3 is 34.3 Å². The Kier molecular flexibility index (Phi) is 17.7. The molecule has 0 saturated heterocycles. The molecular formula is C25H41N4O7P. The normalized spacial score (nSPS) is 12.2. The van der Waals surface area contributed by atoms with Crippen LogP contribution >= 0.6 is 8.53 Å². The molecule has 11 nitrogen and oxygen atoms in total. The summed E-state index contributed by atoms with van der Waals surface area (Å²) >= 11 is 0. The summed E-state index contributed by atoms with van der Waals surface area (Å²) in [5.41, 5.74) is 5.72. The molecular weight excluding hydrogens is 499 g/mol. The fourth-order valence-corrected chi connectivity index (χ4v) is 4.83. The maximum absolute atomic E-state index is 12.2. The highest BCUT2D eigenvalue weighted by Crippen LogP contribution is 2.45. The molecule has 2 amide bonds. The lowest BCUT2D eigenvalue weighted by molar-refractivity contribution is 0.00873. The molecule has 0 aromatic heterocycles. The van der Waals surface area contributed by atoms with E-state index < -0.39 is 14.4 Å². The van der Waals surface area contributed by atoms with Crippen molar-refractivity contribution in [1.82, 2.24) is 9.99 Å². The third-order valence-electron chi connectivity index (χ3n) is 4.80. The van der Waals surface area contributed by atoms with E-state index in [9.17, 15) is 9.59 Å². The highest BCUT2D eigenvalue weighted by molar-refractivity contribution is 7.44. The molecule has 12 heteroatoms. The fraction of sp³-hybridized carbons (Fsp3) is 0.640. The molecule has 0 heterocycles. The Morgan fingerprint density at radius 1 is 0.892 bits per heavy atom. The second kappa shape index (κ2) is 19.9. The number of rotatable bonds is 21. The zero-order chi connectivity index (χ0) is 27.5. The van der Waals surface area contributed by atoms with Gasteiger partial charge in [-0.3, -0.25) is 9.59 Å². The largest absolute Gasteiger partial charge is 0.377 e. The summed E-state index contributed by atoms with van der Waals surface area (Å²) < 4.78 is 30.4. The van der Waals surface area contributed by atoms with E-state index in [0.29, 0.717) is 65.8 Å². The highest BCUT2D eigenvalue weighted by atomic mass is 31.2. The molecule has 1 rings (SSSR count). The molecule has 0 bridgehead atoms. The van der Waals surface area contributed by atoms with Crippen LogP contribution in [0, 0.1) is 11.3 Å². The number of nitriles is 1. The molecule has 0 aliphatic heterocycles. The van der Waals surface area contributed by atoms with Crippen LogP contribution in [0.2, 0.25) is 0 Å². The second-order valence-corrected chi connectivity index (χ2v) is 9.84. The summed E-state index contributed by atoms with van der Waals surface area (Å²) in [6.45, 7) is 11.7. The number of primary amides is 1. The van der Waals surface area contributed by atoms with Crippen molar-refractivity contribution in [3.05, 3.63) is 35.4 Å². The van der Waals surface area contributed by atoms with E-state index in [-0.39, 0.29) is 29.1 Å². The predicted octanol–water partition coefficient (Wildman–Crippen LogP) is 2.86. The van der Waals surface area contributed by atoms with Crippen LogP contribution in [0.4, 0.5) is 0 Å². The first-order valence-electron chi connectivity index (χ1n) is 12.4. The lowest BCUT2D eigenvalue weighted by Gasteiger charge is -2.35. The summed E-state index contributed by atoms with van der Waals surface area (Å²) in [6, 6.07) is 8.97. The Morgan fingerprint density at radius 3 is 1.95 bits per heavy atom. The summed E-state index contributed by atoms with van der Waals surface area (Å²) in [6.07, 6.45) is 0.323. The van der Waals surface area contributed by atoms with Crippen LogP contribution < -0.4 is 11.1 Å². The molecule has 0 spiro atoms. The van der Waals surface area contributed by atoms with E-state index in [1.165, 1.54) is 6.07 Å². The number of nitrogens with two attached hydrogens (primary N) is 1. The van der Waals surface area contributed by atoms with Crippen LogP contribution in [0.1, 0.15) is 54.8 Å². The number of carbonyl (C=O) groups is 2. The molecule has 0 fully saturated rings. The van der Waals surface area contributed by atoms with E-state index in [2.05, 4.69) is 43.8 Å². The summed E-state index contributed by atoms with van der Waals surface area (Å²) in [7, 11) is -1.27. The average Bonchev–Trinajstić information content (AvgIpc) is 2.86. The van der Waals surface area contributed by atoms with Crippen molar-refractivity contribution in [3.8, 4) is 6.07 Å². The Labute approximate surface area is 221 Å². The van der Waals surface area contributed by atoms with E-state index in [1.807, 2.05) is 0 Å². The lowest BCUT2D eigenvalue weighted by atomic mass is 10.1. The van der Waals surface area contributed by atoms with Crippen LogP contribution in [-0.2, 0) is 23.3 Å². The number of nitrogens with zero attached hydrogens (tertiary/aromatic N) is 2. The minimum atomic E-state index is -1.27. The molecule has 1 aromatic carbocycles. The van der Waals surface area contributed by atoms with Gasteiger partial charge in [-0.15, -0.1) is 0 Å². The van der Waals surface area contributed by atoms with Crippen LogP contribution in [-0.4, -0.2) is 88.0 Å². The maximum atomic E-state index is 12.2. The fourth-order valence-electron chi connectivity index (χ4n) is 3.26. The number of hydrogen-bond acceptors (Lipinski definition) is 9. The molecule has 0 radical (unpaired) electrons. The molecule has 37 heavy (non-hydrogen) atoms. The zero-order valence-electron chi connectivity index (χ0n) is 22.3. The Balaban J connectivity index is 2.10. The SMILES string of the molecule is CC(C)N(C(C)C)P(OCCC#N)OCCOCCOCCOCCNC(=O)c1ccccc1C(N)=O. The molecule has 1 aromatic rings. The van der Waals surface area contributed by atoms with E-state index in [0.717, 1.165) is 0 Å². The summed E-state index contributed by atoms with van der Waals surface area (Å²) in [5, 5.41) is 11.5. The Morgan fingerprint density at radius 2 is 1.41 bits per heavy atom. The van der Waals surface area contributed by atoms with Crippen LogP contribution in [0.15, 0.2) is 24.3 Å². The van der Waals surface area contributed by atoms with Gasteiger partial charge >= 0.3 is 0 Å². The van der Waals surface area contributed by atoms with E-state index in [4.69, 9.17) is 34.3 Å². The third-order valence-corrected chi connectivity index (χ3v) is 6.91. The average molecular weight is 541 g/mol. The Hall–Kier alpha value is -2.16. The van der Waals surface area contributed by atoms with Gasteiger partial charge in [-0.25, -0.2) is 4.67 Å². The zero-order valence-corrected chi connectivity index (χ0v) is 23.2. The lowest BCUT2D eigenvalue weighted by Crippen LogP contribution is -2.34. The number of benzene rings is 1.